The SMILES string of the molecule is Cc1c2c(n3c1=CNCCC3)=C(c1ccc(F)cc1)C=C(C#N)C2=O. The standard InChI is InChI=1S/C20H16FN3O/c1-12-17-11-23-7-2-8-24(17)19-16(13-3-5-15(21)6-4-13)9-14(10-22)20(25)18(12)19/h3-6,9,11,23H,2,7-8H2,1H3. The van der Waals surface area contributed by atoms with Crippen LogP contribution in [0.2, 0.25) is 0 Å². The molecule has 2 heterocycles. The van der Waals surface area contributed by atoms with Crippen molar-refractivity contribution >= 4 is 17.6 Å². The third kappa shape index (κ3) is 2.30. The van der Waals surface area contributed by atoms with Crippen LogP contribution in [-0.4, -0.2) is 16.9 Å². The summed E-state index contributed by atoms with van der Waals surface area (Å²) < 4.78 is 15.5. The quantitative estimate of drug-likeness (QED) is 0.861. The van der Waals surface area contributed by atoms with Gasteiger partial charge in [0.25, 0.3) is 0 Å². The molecule has 25 heavy (non-hydrogen) atoms. The monoisotopic (exact) mass is 333 g/mol. The van der Waals surface area contributed by atoms with E-state index in [9.17, 15) is 14.4 Å². The number of hydrogen-bond donors (Lipinski definition) is 1. The molecular weight excluding hydrogens is 317 g/mol. The molecule has 0 saturated heterocycles. The first-order chi connectivity index (χ1) is 12.1. The number of halogens is 1. The number of allylic oxidation sites excluding steroid dienone is 2. The predicted molar refractivity (Wildman–Crippen MR) is 92.4 cm³/mol. The summed E-state index contributed by atoms with van der Waals surface area (Å²) >= 11 is 0. The summed E-state index contributed by atoms with van der Waals surface area (Å²) in [5, 5.41) is 14.4. The van der Waals surface area contributed by atoms with E-state index in [0.717, 1.165) is 46.9 Å². The first kappa shape index (κ1) is 15.4. The van der Waals surface area contributed by atoms with Gasteiger partial charge in [-0.05, 0) is 42.7 Å². The highest BCUT2D eigenvalue weighted by Gasteiger charge is 2.27. The molecule has 2 aliphatic rings. The lowest BCUT2D eigenvalue weighted by atomic mass is 9.91. The Morgan fingerprint density at radius 1 is 1.28 bits per heavy atom. The van der Waals surface area contributed by atoms with Gasteiger partial charge in [-0.3, -0.25) is 4.79 Å². The molecule has 0 unspecified atom stereocenters. The molecule has 0 saturated carbocycles. The molecule has 0 atom stereocenters. The van der Waals surface area contributed by atoms with E-state index in [1.54, 1.807) is 18.2 Å². The van der Waals surface area contributed by atoms with Crippen molar-refractivity contribution in [3.63, 3.8) is 0 Å². The van der Waals surface area contributed by atoms with E-state index in [1.807, 2.05) is 19.2 Å². The molecule has 4 nitrogen and oxygen atoms in total. The number of nitriles is 1. The number of aromatic nitrogens is 1. The summed E-state index contributed by atoms with van der Waals surface area (Å²) in [4.78, 5) is 12.8. The fraction of sp³-hybridized carbons (Fsp3) is 0.200. The minimum atomic E-state index is -0.316. The van der Waals surface area contributed by atoms with Crippen molar-refractivity contribution in [1.29, 1.82) is 5.26 Å². The van der Waals surface area contributed by atoms with E-state index in [1.165, 1.54) is 12.1 Å². The number of carbonyl (C=O) groups excluding carboxylic acids is 1. The van der Waals surface area contributed by atoms with Gasteiger partial charge in [0.05, 0.1) is 16.3 Å². The third-order valence-corrected chi connectivity index (χ3v) is 4.79. The van der Waals surface area contributed by atoms with Gasteiger partial charge in [-0.25, -0.2) is 4.39 Å². The summed E-state index contributed by atoms with van der Waals surface area (Å²) in [7, 11) is 0. The topological polar surface area (TPSA) is 57.8 Å². The zero-order valence-corrected chi connectivity index (χ0v) is 13.8. The number of carbonyl (C=O) groups is 1. The van der Waals surface area contributed by atoms with Crippen LogP contribution in [0.4, 0.5) is 4.39 Å². The lowest BCUT2D eigenvalue weighted by molar-refractivity contribution is 0.103. The van der Waals surface area contributed by atoms with Crippen molar-refractivity contribution in [2.45, 2.75) is 19.9 Å². The maximum absolute atomic E-state index is 13.3. The van der Waals surface area contributed by atoms with Gasteiger partial charge >= 0.3 is 0 Å². The average molecular weight is 333 g/mol. The Morgan fingerprint density at radius 2 is 2.04 bits per heavy atom. The molecule has 1 aliphatic carbocycles. The minimum absolute atomic E-state index is 0.114. The van der Waals surface area contributed by atoms with Gasteiger partial charge in [0.15, 0.2) is 0 Å². The minimum Gasteiger partial charge on any atom is -0.389 e. The number of nitrogens with zero attached hydrogens (tertiary/aromatic N) is 2. The molecule has 0 spiro atoms. The normalized spacial score (nSPS) is 16.0. The summed E-state index contributed by atoms with van der Waals surface area (Å²) in [6.07, 6.45) is 4.50. The third-order valence-electron chi connectivity index (χ3n) is 4.79. The van der Waals surface area contributed by atoms with Gasteiger partial charge in [0, 0.05) is 24.9 Å². The fourth-order valence-corrected chi connectivity index (χ4v) is 3.59. The maximum atomic E-state index is 13.3. The van der Waals surface area contributed by atoms with Gasteiger partial charge in [-0.2, -0.15) is 5.26 Å². The highest BCUT2D eigenvalue weighted by Crippen LogP contribution is 2.22. The fourth-order valence-electron chi connectivity index (χ4n) is 3.59. The molecule has 0 radical (unpaired) electrons. The molecule has 2 aromatic rings. The van der Waals surface area contributed by atoms with Crippen molar-refractivity contribution in [3.8, 4) is 6.07 Å². The first-order valence-corrected chi connectivity index (χ1v) is 8.21. The smallest absolute Gasteiger partial charge is 0.206 e. The molecular formula is C20H16FN3O. The van der Waals surface area contributed by atoms with Crippen LogP contribution >= 0.6 is 0 Å². The maximum Gasteiger partial charge on any atom is 0.206 e. The largest absolute Gasteiger partial charge is 0.389 e. The molecule has 1 aromatic carbocycles. The van der Waals surface area contributed by atoms with Gasteiger partial charge in [0.1, 0.15) is 17.5 Å². The van der Waals surface area contributed by atoms with Gasteiger partial charge in [-0.15, -0.1) is 0 Å². The highest BCUT2D eigenvalue weighted by molar-refractivity contribution is 6.16. The molecule has 0 bridgehead atoms. The molecule has 4 rings (SSSR count). The average Bonchev–Trinajstić information content (AvgIpc) is 2.78. The molecule has 0 amide bonds. The Hall–Kier alpha value is -3.13. The molecule has 1 N–H and O–H groups in total. The summed E-state index contributed by atoms with van der Waals surface area (Å²) in [5.41, 5.74) is 3.14. The first-order valence-electron chi connectivity index (χ1n) is 8.21. The van der Waals surface area contributed by atoms with Crippen LogP contribution in [0.1, 0.15) is 27.9 Å². The van der Waals surface area contributed by atoms with Gasteiger partial charge in [0.2, 0.25) is 5.78 Å². The van der Waals surface area contributed by atoms with Crippen molar-refractivity contribution in [1.82, 2.24) is 9.88 Å². The van der Waals surface area contributed by atoms with Crippen LogP contribution in [0.5, 0.6) is 0 Å². The summed E-state index contributed by atoms with van der Waals surface area (Å²) in [6.45, 7) is 3.56. The number of Topliss-reactive ketones (excluding diaryl/α,β-unsaturated/α-hetero) is 1. The lowest BCUT2D eigenvalue weighted by Gasteiger charge is -2.13. The molecule has 1 aromatic heterocycles. The van der Waals surface area contributed by atoms with Crippen molar-refractivity contribution < 1.29 is 9.18 Å². The summed E-state index contributed by atoms with van der Waals surface area (Å²) in [5.74, 6) is -0.557. The second-order valence-corrected chi connectivity index (χ2v) is 6.26. The van der Waals surface area contributed by atoms with E-state index in [-0.39, 0.29) is 17.2 Å². The van der Waals surface area contributed by atoms with Crippen molar-refractivity contribution in [2.24, 2.45) is 0 Å². The molecule has 0 fully saturated rings. The molecule has 1 aliphatic heterocycles. The zero-order chi connectivity index (χ0) is 17.6. The number of fused-ring (bicyclic) bond motifs is 3. The second kappa shape index (κ2) is 5.75. The van der Waals surface area contributed by atoms with Crippen LogP contribution in [0.3, 0.4) is 0 Å². The second-order valence-electron chi connectivity index (χ2n) is 6.26. The Morgan fingerprint density at radius 3 is 2.76 bits per heavy atom. The Kier molecular flexibility index (Phi) is 3.54. The van der Waals surface area contributed by atoms with E-state index in [2.05, 4.69) is 9.88 Å². The van der Waals surface area contributed by atoms with E-state index in [0.29, 0.717) is 5.56 Å². The molecule has 5 heteroatoms. The van der Waals surface area contributed by atoms with E-state index >= 15 is 0 Å². The summed E-state index contributed by atoms with van der Waals surface area (Å²) in [6, 6.07) is 8.16. The highest BCUT2D eigenvalue weighted by atomic mass is 19.1. The van der Waals surface area contributed by atoms with Crippen LogP contribution in [0.15, 0.2) is 35.9 Å². The number of hydrogen-bond acceptors (Lipinski definition) is 3. The van der Waals surface area contributed by atoms with Gasteiger partial charge < -0.3 is 9.88 Å². The van der Waals surface area contributed by atoms with E-state index < -0.39 is 0 Å². The van der Waals surface area contributed by atoms with Gasteiger partial charge in [-0.1, -0.05) is 12.1 Å². The molecule has 124 valence electrons. The Bertz CT molecular complexity index is 1080. The predicted octanol–water partition coefficient (Wildman–Crippen LogP) is 1.51. The number of benzene rings is 1. The zero-order valence-electron chi connectivity index (χ0n) is 13.8. The number of ketones is 1. The number of nitrogens with one attached hydrogen (secondary N) is 1. The van der Waals surface area contributed by atoms with Crippen LogP contribution in [0, 0.1) is 24.1 Å². The van der Waals surface area contributed by atoms with Crippen molar-refractivity contribution in [2.75, 3.05) is 6.54 Å². The van der Waals surface area contributed by atoms with Crippen molar-refractivity contribution in [3.05, 3.63) is 69.1 Å². The Labute approximate surface area is 144 Å². The van der Waals surface area contributed by atoms with Crippen LogP contribution in [0.25, 0.3) is 11.8 Å². The Balaban J connectivity index is 2.16. The van der Waals surface area contributed by atoms with E-state index in [4.69, 9.17) is 0 Å². The van der Waals surface area contributed by atoms with Crippen LogP contribution in [-0.2, 0) is 6.54 Å². The lowest BCUT2D eigenvalue weighted by Crippen LogP contribution is -2.32. The number of rotatable bonds is 1. The van der Waals surface area contributed by atoms with Crippen LogP contribution < -0.4 is 16.0 Å².